The number of rotatable bonds is 5. The molecule has 1 saturated heterocycles. The molecule has 1 aliphatic heterocycles. The number of benzene rings is 1. The predicted octanol–water partition coefficient (Wildman–Crippen LogP) is 0.698. The molecule has 0 bridgehead atoms. The molecule has 8 nitrogen and oxygen atoms in total. The summed E-state index contributed by atoms with van der Waals surface area (Å²) in [4.78, 5) is 25.7. The van der Waals surface area contributed by atoms with Crippen LogP contribution in [0.2, 0.25) is 0 Å². The largest absolute Gasteiger partial charge is 0.481 e. The van der Waals surface area contributed by atoms with Gasteiger partial charge in [0.05, 0.1) is 5.92 Å². The Morgan fingerprint density at radius 1 is 1.33 bits per heavy atom. The third-order valence-electron chi connectivity index (χ3n) is 4.36. The molecule has 3 rings (SSSR count). The molecule has 1 aromatic heterocycles. The summed E-state index contributed by atoms with van der Waals surface area (Å²) in [6.07, 6.45) is 0.938. The van der Waals surface area contributed by atoms with Crippen LogP contribution >= 0.6 is 0 Å². The quantitative estimate of drug-likeness (QED) is 0.866. The summed E-state index contributed by atoms with van der Waals surface area (Å²) >= 11 is 0. The van der Waals surface area contributed by atoms with Crippen molar-refractivity contribution in [1.82, 2.24) is 25.1 Å². The van der Waals surface area contributed by atoms with Crippen LogP contribution in [0.3, 0.4) is 0 Å². The fourth-order valence-corrected chi connectivity index (χ4v) is 3.01. The average Bonchev–Trinajstić information content (AvgIpc) is 3.22. The summed E-state index contributed by atoms with van der Waals surface area (Å²) in [7, 11) is 0. The summed E-state index contributed by atoms with van der Waals surface area (Å²) in [5, 5.41) is 20.6. The van der Waals surface area contributed by atoms with E-state index in [1.165, 1.54) is 4.68 Å². The number of likely N-dealkylation sites (tertiary alicyclic amines) is 1. The van der Waals surface area contributed by atoms with E-state index >= 15 is 0 Å². The average molecular weight is 329 g/mol. The van der Waals surface area contributed by atoms with Crippen molar-refractivity contribution in [1.29, 1.82) is 0 Å². The van der Waals surface area contributed by atoms with E-state index in [1.54, 1.807) is 11.8 Å². The van der Waals surface area contributed by atoms with Gasteiger partial charge in [-0.3, -0.25) is 9.59 Å². The molecule has 2 atom stereocenters. The Morgan fingerprint density at radius 3 is 2.67 bits per heavy atom. The summed E-state index contributed by atoms with van der Waals surface area (Å²) in [5.74, 6) is -0.943. The van der Waals surface area contributed by atoms with Crippen molar-refractivity contribution < 1.29 is 14.7 Å². The van der Waals surface area contributed by atoms with Gasteiger partial charge in [0.15, 0.2) is 0 Å². The van der Waals surface area contributed by atoms with Crippen LogP contribution in [-0.2, 0) is 16.0 Å². The highest BCUT2D eigenvalue weighted by molar-refractivity contribution is 5.82. The molecule has 126 valence electrons. The maximum absolute atomic E-state index is 13.0. The molecule has 8 heteroatoms. The zero-order valence-corrected chi connectivity index (χ0v) is 13.4. The Kier molecular flexibility index (Phi) is 4.54. The second kappa shape index (κ2) is 6.77. The SMILES string of the molecule is Cc1nnnn1[C@@H](Cc1ccccc1)C(=O)N1CC[C@@H](C(=O)O)C1. The lowest BCUT2D eigenvalue weighted by Gasteiger charge is -2.23. The van der Waals surface area contributed by atoms with Gasteiger partial charge < -0.3 is 10.0 Å². The molecule has 0 radical (unpaired) electrons. The highest BCUT2D eigenvalue weighted by atomic mass is 16.4. The predicted molar refractivity (Wildman–Crippen MR) is 84.1 cm³/mol. The number of amides is 1. The highest BCUT2D eigenvalue weighted by Crippen LogP contribution is 2.23. The molecule has 0 aliphatic carbocycles. The molecule has 1 N–H and O–H groups in total. The van der Waals surface area contributed by atoms with Gasteiger partial charge in [-0.15, -0.1) is 5.10 Å². The van der Waals surface area contributed by atoms with Crippen LogP contribution in [0, 0.1) is 12.8 Å². The zero-order valence-electron chi connectivity index (χ0n) is 13.4. The smallest absolute Gasteiger partial charge is 0.308 e. The Morgan fingerprint density at radius 2 is 2.08 bits per heavy atom. The van der Waals surface area contributed by atoms with Gasteiger partial charge in [0, 0.05) is 19.5 Å². The Labute approximate surface area is 139 Å². The van der Waals surface area contributed by atoms with Gasteiger partial charge in [-0.1, -0.05) is 30.3 Å². The minimum absolute atomic E-state index is 0.141. The van der Waals surface area contributed by atoms with Gasteiger partial charge >= 0.3 is 5.97 Å². The van der Waals surface area contributed by atoms with E-state index in [9.17, 15) is 9.59 Å². The van der Waals surface area contributed by atoms with Gasteiger partial charge in [0.25, 0.3) is 0 Å². The van der Waals surface area contributed by atoms with Crippen molar-refractivity contribution in [3.63, 3.8) is 0 Å². The van der Waals surface area contributed by atoms with Crippen LogP contribution in [0.4, 0.5) is 0 Å². The molecule has 0 spiro atoms. The molecule has 24 heavy (non-hydrogen) atoms. The second-order valence-electron chi connectivity index (χ2n) is 5.98. The number of aliphatic carboxylic acids is 1. The first-order chi connectivity index (χ1) is 11.6. The molecule has 0 unspecified atom stereocenters. The van der Waals surface area contributed by atoms with E-state index in [0.717, 1.165) is 5.56 Å². The minimum Gasteiger partial charge on any atom is -0.481 e. The third-order valence-corrected chi connectivity index (χ3v) is 4.36. The van der Waals surface area contributed by atoms with E-state index in [1.807, 2.05) is 30.3 Å². The van der Waals surface area contributed by atoms with Gasteiger partial charge in [-0.2, -0.15) is 0 Å². The van der Waals surface area contributed by atoms with Crippen molar-refractivity contribution in [2.45, 2.75) is 25.8 Å². The highest BCUT2D eigenvalue weighted by Gasteiger charge is 2.35. The van der Waals surface area contributed by atoms with Crippen LogP contribution in [0.15, 0.2) is 30.3 Å². The van der Waals surface area contributed by atoms with Crippen molar-refractivity contribution in [2.75, 3.05) is 13.1 Å². The fourth-order valence-electron chi connectivity index (χ4n) is 3.01. The van der Waals surface area contributed by atoms with Gasteiger partial charge in [0.1, 0.15) is 11.9 Å². The maximum atomic E-state index is 13.0. The monoisotopic (exact) mass is 329 g/mol. The number of carbonyl (C=O) groups is 2. The van der Waals surface area contributed by atoms with E-state index in [-0.39, 0.29) is 12.5 Å². The van der Waals surface area contributed by atoms with Crippen LogP contribution in [0.1, 0.15) is 23.9 Å². The lowest BCUT2D eigenvalue weighted by Crippen LogP contribution is -2.38. The number of carboxylic acids is 1. The number of hydrogen-bond donors (Lipinski definition) is 1. The summed E-state index contributed by atoms with van der Waals surface area (Å²) in [6, 6.07) is 9.07. The van der Waals surface area contributed by atoms with Crippen LogP contribution in [0.25, 0.3) is 0 Å². The van der Waals surface area contributed by atoms with Crippen molar-refractivity contribution in [2.24, 2.45) is 5.92 Å². The molecular formula is C16H19N5O3. The molecule has 1 aromatic carbocycles. The Balaban J connectivity index is 1.83. The second-order valence-corrected chi connectivity index (χ2v) is 5.98. The summed E-state index contributed by atoms with van der Waals surface area (Å²) < 4.78 is 1.52. The summed E-state index contributed by atoms with van der Waals surface area (Å²) in [5.41, 5.74) is 1.000. The molecule has 1 aliphatic rings. The Bertz CT molecular complexity index is 730. The van der Waals surface area contributed by atoms with Gasteiger partial charge in [0.2, 0.25) is 5.91 Å². The van der Waals surface area contributed by atoms with E-state index in [0.29, 0.717) is 25.2 Å². The first-order valence-corrected chi connectivity index (χ1v) is 7.86. The normalized spacial score (nSPS) is 18.5. The molecule has 0 saturated carbocycles. The van der Waals surface area contributed by atoms with E-state index in [2.05, 4.69) is 15.5 Å². The molecule has 2 heterocycles. The number of aryl methyl sites for hydroxylation is 1. The van der Waals surface area contributed by atoms with Crippen molar-refractivity contribution in [3.05, 3.63) is 41.7 Å². The third kappa shape index (κ3) is 3.27. The molecular weight excluding hydrogens is 310 g/mol. The topological polar surface area (TPSA) is 101 Å². The summed E-state index contributed by atoms with van der Waals surface area (Å²) in [6.45, 7) is 2.43. The van der Waals surface area contributed by atoms with Crippen LogP contribution < -0.4 is 0 Å². The first-order valence-electron chi connectivity index (χ1n) is 7.86. The number of carbonyl (C=O) groups excluding carboxylic acids is 1. The van der Waals surface area contributed by atoms with Crippen molar-refractivity contribution >= 4 is 11.9 Å². The molecule has 2 aromatic rings. The number of tetrazole rings is 1. The number of hydrogen-bond acceptors (Lipinski definition) is 5. The number of carboxylic acid groups (broad SMARTS) is 1. The lowest BCUT2D eigenvalue weighted by molar-refractivity contribution is -0.141. The number of nitrogens with zero attached hydrogens (tertiary/aromatic N) is 5. The molecule has 1 amide bonds. The van der Waals surface area contributed by atoms with Crippen LogP contribution in [0.5, 0.6) is 0 Å². The standard InChI is InChI=1S/C16H19N5O3/c1-11-17-18-19-21(11)14(9-12-5-3-2-4-6-12)15(22)20-8-7-13(10-20)16(23)24/h2-6,13-14H,7-10H2,1H3,(H,23,24)/t13-,14+/m1/s1. The van der Waals surface area contributed by atoms with Crippen LogP contribution in [-0.4, -0.2) is 55.2 Å². The Hall–Kier alpha value is -2.77. The van der Waals surface area contributed by atoms with Crippen molar-refractivity contribution in [3.8, 4) is 0 Å². The zero-order chi connectivity index (χ0) is 17.1. The first kappa shape index (κ1) is 16.1. The fraction of sp³-hybridized carbons (Fsp3) is 0.438. The lowest BCUT2D eigenvalue weighted by atomic mass is 10.0. The van der Waals surface area contributed by atoms with Gasteiger partial charge in [-0.05, 0) is 29.3 Å². The number of aromatic nitrogens is 4. The van der Waals surface area contributed by atoms with Gasteiger partial charge in [-0.25, -0.2) is 4.68 Å². The van der Waals surface area contributed by atoms with E-state index in [4.69, 9.17) is 5.11 Å². The molecule has 1 fully saturated rings. The maximum Gasteiger partial charge on any atom is 0.308 e. The minimum atomic E-state index is -0.858. The van der Waals surface area contributed by atoms with E-state index < -0.39 is 17.9 Å².